The van der Waals surface area contributed by atoms with Gasteiger partial charge in [-0.05, 0) is 55.3 Å². The molecule has 3 heteroatoms. The average molecular weight is 282 g/mol. The van der Waals surface area contributed by atoms with Gasteiger partial charge in [0.25, 0.3) is 5.91 Å². The van der Waals surface area contributed by atoms with Gasteiger partial charge in [-0.3, -0.25) is 4.79 Å². The maximum Gasteiger partial charge on any atom is 0.251 e. The fraction of sp³-hybridized carbons (Fsp3) is 0.389. The Morgan fingerprint density at radius 2 is 2.00 bits per heavy atom. The SMILES string of the molecule is Cc1ccc(C(=O)NCC2CCN(C)C2)c2ccccc12. The molecule has 1 aliphatic heterocycles. The number of fused-ring (bicyclic) bond motifs is 1. The number of hydrogen-bond donors (Lipinski definition) is 1. The van der Waals surface area contributed by atoms with E-state index >= 15 is 0 Å². The van der Waals surface area contributed by atoms with E-state index in [4.69, 9.17) is 0 Å². The van der Waals surface area contributed by atoms with Crippen molar-refractivity contribution >= 4 is 16.7 Å². The maximum atomic E-state index is 12.5. The lowest BCUT2D eigenvalue weighted by molar-refractivity contribution is 0.0949. The molecule has 0 radical (unpaired) electrons. The van der Waals surface area contributed by atoms with E-state index in [0.29, 0.717) is 5.92 Å². The molecule has 2 aromatic carbocycles. The summed E-state index contributed by atoms with van der Waals surface area (Å²) in [6.45, 7) is 5.06. The van der Waals surface area contributed by atoms with Gasteiger partial charge in [0, 0.05) is 18.7 Å². The second kappa shape index (κ2) is 5.86. The van der Waals surface area contributed by atoms with Crippen LogP contribution in [-0.2, 0) is 0 Å². The lowest BCUT2D eigenvalue weighted by Crippen LogP contribution is -2.30. The highest BCUT2D eigenvalue weighted by atomic mass is 16.1. The lowest BCUT2D eigenvalue weighted by Gasteiger charge is -2.13. The van der Waals surface area contributed by atoms with Gasteiger partial charge in [0.05, 0.1) is 0 Å². The van der Waals surface area contributed by atoms with Crippen molar-refractivity contribution in [1.29, 1.82) is 0 Å². The largest absolute Gasteiger partial charge is 0.352 e. The summed E-state index contributed by atoms with van der Waals surface area (Å²) in [6.07, 6.45) is 1.17. The van der Waals surface area contributed by atoms with Crippen LogP contribution in [0.3, 0.4) is 0 Å². The molecule has 1 fully saturated rings. The number of nitrogens with one attached hydrogen (secondary N) is 1. The molecule has 1 saturated heterocycles. The van der Waals surface area contributed by atoms with E-state index in [1.807, 2.05) is 30.3 Å². The molecule has 1 aliphatic rings. The van der Waals surface area contributed by atoms with Gasteiger partial charge in [0.2, 0.25) is 0 Å². The monoisotopic (exact) mass is 282 g/mol. The van der Waals surface area contributed by atoms with Crippen LogP contribution in [0.2, 0.25) is 0 Å². The van der Waals surface area contributed by atoms with Crippen LogP contribution in [0.5, 0.6) is 0 Å². The minimum atomic E-state index is 0.0424. The summed E-state index contributed by atoms with van der Waals surface area (Å²) in [6, 6.07) is 12.1. The summed E-state index contributed by atoms with van der Waals surface area (Å²) in [5.41, 5.74) is 1.99. The number of likely N-dealkylation sites (tertiary alicyclic amines) is 1. The van der Waals surface area contributed by atoms with E-state index in [1.165, 1.54) is 12.0 Å². The quantitative estimate of drug-likeness (QED) is 0.939. The predicted octanol–water partition coefficient (Wildman–Crippen LogP) is 2.83. The standard InChI is InChI=1S/C18H22N2O/c1-13-7-8-17(16-6-4-3-5-15(13)16)18(21)19-11-14-9-10-20(2)12-14/h3-8,14H,9-12H2,1-2H3,(H,19,21). The molecule has 1 heterocycles. The van der Waals surface area contributed by atoms with E-state index in [2.05, 4.69) is 30.3 Å². The number of amides is 1. The van der Waals surface area contributed by atoms with Crippen LogP contribution in [0.25, 0.3) is 10.8 Å². The van der Waals surface area contributed by atoms with Gasteiger partial charge in [-0.25, -0.2) is 0 Å². The van der Waals surface area contributed by atoms with Gasteiger partial charge >= 0.3 is 0 Å². The summed E-state index contributed by atoms with van der Waals surface area (Å²) in [7, 11) is 2.13. The molecule has 3 rings (SSSR count). The lowest BCUT2D eigenvalue weighted by atomic mass is 9.99. The van der Waals surface area contributed by atoms with E-state index in [0.717, 1.165) is 36.0 Å². The highest BCUT2D eigenvalue weighted by Crippen LogP contribution is 2.22. The fourth-order valence-corrected chi connectivity index (χ4v) is 3.17. The summed E-state index contributed by atoms with van der Waals surface area (Å²) < 4.78 is 0. The molecule has 1 unspecified atom stereocenters. The minimum absolute atomic E-state index is 0.0424. The molecule has 0 aliphatic carbocycles. The Kier molecular flexibility index (Phi) is 3.93. The molecule has 1 N–H and O–H groups in total. The Balaban J connectivity index is 1.77. The first kappa shape index (κ1) is 14.1. The summed E-state index contributed by atoms with van der Waals surface area (Å²) in [5.74, 6) is 0.622. The minimum Gasteiger partial charge on any atom is -0.352 e. The van der Waals surface area contributed by atoms with Crippen LogP contribution in [0.1, 0.15) is 22.3 Å². The Hall–Kier alpha value is -1.87. The molecule has 0 aromatic heterocycles. The van der Waals surface area contributed by atoms with Crippen molar-refractivity contribution in [1.82, 2.24) is 10.2 Å². The normalized spacial score (nSPS) is 19.0. The van der Waals surface area contributed by atoms with Crippen LogP contribution in [0.4, 0.5) is 0 Å². The number of carbonyl (C=O) groups excluding carboxylic acids is 1. The molecule has 2 aromatic rings. The maximum absolute atomic E-state index is 12.5. The second-order valence-electron chi connectivity index (χ2n) is 6.10. The molecule has 1 atom stereocenters. The first-order valence-corrected chi connectivity index (χ1v) is 7.60. The number of rotatable bonds is 3. The van der Waals surface area contributed by atoms with Crippen LogP contribution in [0.15, 0.2) is 36.4 Å². The number of benzene rings is 2. The zero-order chi connectivity index (χ0) is 14.8. The van der Waals surface area contributed by atoms with Crippen LogP contribution in [-0.4, -0.2) is 37.5 Å². The molecule has 0 bridgehead atoms. The first-order valence-electron chi connectivity index (χ1n) is 7.60. The van der Waals surface area contributed by atoms with Crippen molar-refractivity contribution in [3.05, 3.63) is 47.5 Å². The zero-order valence-electron chi connectivity index (χ0n) is 12.7. The van der Waals surface area contributed by atoms with E-state index in [9.17, 15) is 4.79 Å². The van der Waals surface area contributed by atoms with Crippen LogP contribution in [0, 0.1) is 12.8 Å². The highest BCUT2D eigenvalue weighted by molar-refractivity contribution is 6.07. The third-order valence-electron chi connectivity index (χ3n) is 4.43. The van der Waals surface area contributed by atoms with Gasteiger partial charge in [0.15, 0.2) is 0 Å². The van der Waals surface area contributed by atoms with E-state index in [1.54, 1.807) is 0 Å². The van der Waals surface area contributed by atoms with Crippen LogP contribution < -0.4 is 5.32 Å². The van der Waals surface area contributed by atoms with Crippen molar-refractivity contribution in [3.63, 3.8) is 0 Å². The highest BCUT2D eigenvalue weighted by Gasteiger charge is 2.20. The number of nitrogens with zero attached hydrogens (tertiary/aromatic N) is 1. The third-order valence-corrected chi connectivity index (χ3v) is 4.43. The Bertz CT molecular complexity index is 665. The topological polar surface area (TPSA) is 32.3 Å². The molecule has 0 spiro atoms. The number of carbonyl (C=O) groups is 1. The van der Waals surface area contributed by atoms with E-state index in [-0.39, 0.29) is 5.91 Å². The van der Waals surface area contributed by atoms with Crippen molar-refractivity contribution in [2.75, 3.05) is 26.7 Å². The molecule has 1 amide bonds. The fourth-order valence-electron chi connectivity index (χ4n) is 3.17. The summed E-state index contributed by atoms with van der Waals surface area (Å²) in [5, 5.41) is 5.31. The van der Waals surface area contributed by atoms with Crippen molar-refractivity contribution in [2.24, 2.45) is 5.92 Å². The molecular formula is C18H22N2O. The van der Waals surface area contributed by atoms with Crippen molar-refractivity contribution < 1.29 is 4.79 Å². The first-order chi connectivity index (χ1) is 10.1. The van der Waals surface area contributed by atoms with Gasteiger partial charge < -0.3 is 10.2 Å². The van der Waals surface area contributed by atoms with E-state index < -0.39 is 0 Å². The second-order valence-corrected chi connectivity index (χ2v) is 6.10. The van der Waals surface area contributed by atoms with Crippen molar-refractivity contribution in [2.45, 2.75) is 13.3 Å². The predicted molar refractivity (Wildman–Crippen MR) is 86.6 cm³/mol. The van der Waals surface area contributed by atoms with Gasteiger partial charge in [-0.15, -0.1) is 0 Å². The number of hydrogen-bond acceptors (Lipinski definition) is 2. The third kappa shape index (κ3) is 2.93. The summed E-state index contributed by atoms with van der Waals surface area (Å²) >= 11 is 0. The van der Waals surface area contributed by atoms with Gasteiger partial charge in [0.1, 0.15) is 0 Å². The molecule has 21 heavy (non-hydrogen) atoms. The average Bonchev–Trinajstić information content (AvgIpc) is 2.91. The molecule has 110 valence electrons. The number of aryl methyl sites for hydroxylation is 1. The Labute approximate surface area is 125 Å². The Morgan fingerprint density at radius 3 is 2.71 bits per heavy atom. The zero-order valence-corrected chi connectivity index (χ0v) is 12.7. The summed E-state index contributed by atoms with van der Waals surface area (Å²) in [4.78, 5) is 14.8. The molecular weight excluding hydrogens is 260 g/mol. The van der Waals surface area contributed by atoms with Crippen LogP contribution >= 0.6 is 0 Å². The molecule has 3 nitrogen and oxygen atoms in total. The molecule has 0 saturated carbocycles. The van der Waals surface area contributed by atoms with Crippen molar-refractivity contribution in [3.8, 4) is 0 Å². The Morgan fingerprint density at radius 1 is 1.24 bits per heavy atom. The van der Waals surface area contributed by atoms with Gasteiger partial charge in [-0.2, -0.15) is 0 Å². The van der Waals surface area contributed by atoms with Gasteiger partial charge in [-0.1, -0.05) is 30.3 Å². The smallest absolute Gasteiger partial charge is 0.251 e.